The van der Waals surface area contributed by atoms with Crippen molar-refractivity contribution in [3.63, 3.8) is 0 Å². The van der Waals surface area contributed by atoms with Crippen LogP contribution in [0.1, 0.15) is 108 Å². The molecule has 14 nitrogen and oxygen atoms in total. The highest BCUT2D eigenvalue weighted by atomic mass is 35.5. The Morgan fingerprint density at radius 2 is 0.974 bits per heavy atom. The second-order valence-corrected chi connectivity index (χ2v) is 22.7. The summed E-state index contributed by atoms with van der Waals surface area (Å²) in [5.74, 6) is -0.356. The van der Waals surface area contributed by atoms with Gasteiger partial charge in [0.1, 0.15) is 11.2 Å². The Morgan fingerprint density at radius 3 is 1.30 bits per heavy atom. The molecule has 0 spiro atoms. The van der Waals surface area contributed by atoms with E-state index >= 15 is 0 Å². The number of alkyl halides is 6. The molecule has 4 aromatic carbocycles. The summed E-state index contributed by atoms with van der Waals surface area (Å²) < 4.78 is 95.1. The second kappa shape index (κ2) is 23.1. The van der Waals surface area contributed by atoms with Crippen molar-refractivity contribution in [3.05, 3.63) is 137 Å². The van der Waals surface area contributed by atoms with Gasteiger partial charge in [0.05, 0.1) is 17.5 Å². The monoisotopic (exact) mass is 1180 g/mol. The number of carbonyl (C=O) groups is 4. The van der Waals surface area contributed by atoms with Crippen LogP contribution in [0.3, 0.4) is 0 Å². The molecule has 2 atom stereocenters. The fraction of sp³-hybridized carbons (Fsp3) is 0.423. The number of ether oxygens (including phenoxy) is 2. The van der Waals surface area contributed by atoms with E-state index in [2.05, 4.69) is 15.6 Å². The van der Waals surface area contributed by atoms with Crippen molar-refractivity contribution in [3.8, 4) is 0 Å². The zero-order valence-electron chi connectivity index (χ0n) is 42.6. The molecule has 77 heavy (non-hydrogen) atoms. The van der Waals surface area contributed by atoms with Gasteiger partial charge >= 0.3 is 24.5 Å². The Kier molecular flexibility index (Phi) is 18.2. The molecule has 416 valence electrons. The first-order valence-electron chi connectivity index (χ1n) is 23.5. The van der Waals surface area contributed by atoms with Crippen LogP contribution in [0.4, 0.5) is 35.9 Å². The van der Waals surface area contributed by atoms with Crippen molar-refractivity contribution >= 4 is 92.8 Å². The molecule has 0 aromatic heterocycles. The first kappa shape index (κ1) is 60.7. The van der Waals surface area contributed by atoms with Crippen molar-refractivity contribution in [1.82, 2.24) is 15.1 Å². The van der Waals surface area contributed by atoms with Crippen molar-refractivity contribution in [1.29, 1.82) is 0 Å². The molecule has 0 saturated carbocycles. The third-order valence-corrected chi connectivity index (χ3v) is 13.1. The van der Waals surface area contributed by atoms with Crippen LogP contribution in [0.25, 0.3) is 0 Å². The summed E-state index contributed by atoms with van der Waals surface area (Å²) in [5.41, 5.74) is 1.18. The molecular weight excluding hydrogens is 1130 g/mol. The number of carbonyl (C=O) groups excluding carboxylic acids is 4. The van der Waals surface area contributed by atoms with Gasteiger partial charge in [-0.2, -0.15) is 26.3 Å². The number of nitrogens with zero attached hydrogens (tertiary/aromatic N) is 4. The van der Waals surface area contributed by atoms with Gasteiger partial charge in [-0.25, -0.2) is 9.59 Å². The van der Waals surface area contributed by atoms with Crippen LogP contribution in [-0.2, 0) is 30.4 Å². The quantitative estimate of drug-likeness (QED) is 0.135. The number of amides is 3. The summed E-state index contributed by atoms with van der Waals surface area (Å²) in [6.07, 6.45) is -11.5. The average molecular weight is 1180 g/mol. The van der Waals surface area contributed by atoms with Crippen LogP contribution >= 0.6 is 58.0 Å². The first-order valence-corrected chi connectivity index (χ1v) is 25.4. The first-order chi connectivity index (χ1) is 35.5. The minimum Gasteiger partial charge on any atom is -0.444 e. The van der Waals surface area contributed by atoms with E-state index in [1.807, 2.05) is 20.8 Å². The van der Waals surface area contributed by atoms with Crippen LogP contribution in [0, 0.1) is 13.8 Å². The number of hydrogen-bond acceptors (Lipinski definition) is 11. The molecule has 2 fully saturated rings. The number of nitrogens with two attached hydrogens (primary N) is 1. The Morgan fingerprint density at radius 1 is 0.610 bits per heavy atom. The van der Waals surface area contributed by atoms with Gasteiger partial charge in [0.15, 0.2) is 0 Å². The summed E-state index contributed by atoms with van der Waals surface area (Å²) in [6.45, 7) is 16.1. The minimum absolute atomic E-state index is 0.0417. The number of halogens is 11. The molecule has 0 radical (unpaired) electrons. The predicted octanol–water partition coefficient (Wildman–Crippen LogP) is 13.1. The predicted molar refractivity (Wildman–Crippen MR) is 280 cm³/mol. The summed E-state index contributed by atoms with van der Waals surface area (Å²) in [7, 11) is 0. The van der Waals surface area contributed by atoms with Crippen molar-refractivity contribution in [2.45, 2.75) is 115 Å². The molecule has 0 unspecified atom stereocenters. The largest absolute Gasteiger partial charge is 0.444 e. The van der Waals surface area contributed by atoms with Gasteiger partial charge in [0, 0.05) is 87.4 Å². The average Bonchev–Trinajstić information content (AvgIpc) is 3.93. The van der Waals surface area contributed by atoms with Crippen LogP contribution in [0.2, 0.25) is 20.1 Å². The molecule has 4 aliphatic heterocycles. The maximum absolute atomic E-state index is 14.3. The number of rotatable bonds is 7. The Labute approximate surface area is 465 Å². The molecule has 2 saturated heterocycles. The molecule has 4 heterocycles. The van der Waals surface area contributed by atoms with Crippen molar-refractivity contribution < 1.29 is 64.7 Å². The normalized spacial score (nSPS) is 19.6. The Balaban J connectivity index is 0.000000213. The third-order valence-electron chi connectivity index (χ3n) is 12.0. The van der Waals surface area contributed by atoms with E-state index in [1.54, 1.807) is 45.6 Å². The van der Waals surface area contributed by atoms with E-state index in [1.165, 1.54) is 47.4 Å². The highest BCUT2D eigenvalue weighted by Crippen LogP contribution is 2.51. The summed E-state index contributed by atoms with van der Waals surface area (Å²) in [4.78, 5) is 60.5. The van der Waals surface area contributed by atoms with Crippen molar-refractivity contribution in [2.75, 3.05) is 26.2 Å². The van der Waals surface area contributed by atoms with Crippen LogP contribution in [-0.4, -0.2) is 106 Å². The summed E-state index contributed by atoms with van der Waals surface area (Å²) in [6, 6.07) is 16.3. The molecule has 4 aliphatic rings. The SMILES string of the molecule is CC(C)(C)OC(=O)N1CC(N)C1.Cc1cc(C2=NO[C@@](c3cc(Cl)cc(Cl)c3)(C(F)(F)F)C2)ccc1C(=O)Cl.Cc1cc(C2=NO[C@@](c3cc(Cl)cc(Cl)c3)(C(F)(F)F)C2)ccc1C(=O)NC1CN(C(=O)OC(C)(C)C)C1. The topological polar surface area (TPSA) is 174 Å². The summed E-state index contributed by atoms with van der Waals surface area (Å²) in [5, 5.41) is 9.83. The number of nitrogens with one attached hydrogen (secondary N) is 1. The Bertz CT molecular complexity index is 2950. The Hall–Kier alpha value is -5.51. The second-order valence-electron chi connectivity index (χ2n) is 20.6. The number of hydrogen-bond donors (Lipinski definition) is 2. The van der Waals surface area contributed by atoms with E-state index in [4.69, 9.17) is 82.9 Å². The smallest absolute Gasteiger partial charge is 0.435 e. The zero-order valence-corrected chi connectivity index (χ0v) is 46.4. The van der Waals surface area contributed by atoms with Gasteiger partial charge in [0.25, 0.3) is 22.4 Å². The van der Waals surface area contributed by atoms with E-state index in [9.17, 15) is 45.5 Å². The van der Waals surface area contributed by atoms with Gasteiger partial charge in [-0.05, 0) is 150 Å². The standard InChI is InChI=1S/C26H26Cl2F3N3O4.C18H11Cl3F3NO2.C8H16N2O2/c1-14-7-15(5-6-20(14)22(35)32-19-12-34(13-19)23(36)37-24(2,3)4)21-11-25(38-33-21,26(29,30)31)16-8-17(27)10-18(28)9-16;1-9-4-10(2-3-14(9)16(21)26)15-8-17(27-25-15,18(22,23)24)11-5-12(19)7-13(20)6-11;1-8(2,3)12-7(11)10-4-6(9)5-10/h5-10,19H,11-13H2,1-4H3,(H,32,35);2-7H,8H2,1H3;6H,4-5,9H2,1-3H3/t25-;17-;/m00./s1. The van der Waals surface area contributed by atoms with E-state index in [0.29, 0.717) is 54.0 Å². The van der Waals surface area contributed by atoms with E-state index < -0.39 is 58.9 Å². The minimum atomic E-state index is -4.81. The van der Waals surface area contributed by atoms with Gasteiger partial charge in [-0.15, -0.1) is 0 Å². The number of oxime groups is 2. The molecular formula is C52H53Cl5F6N6O8. The molecule has 3 amide bonds. The summed E-state index contributed by atoms with van der Waals surface area (Å²) >= 11 is 29.1. The third kappa shape index (κ3) is 14.6. The molecule has 25 heteroatoms. The maximum atomic E-state index is 14.3. The van der Waals surface area contributed by atoms with E-state index in [-0.39, 0.29) is 72.3 Å². The van der Waals surface area contributed by atoms with Gasteiger partial charge in [-0.3, -0.25) is 9.59 Å². The fourth-order valence-corrected chi connectivity index (χ4v) is 9.41. The highest BCUT2D eigenvalue weighted by molar-refractivity contribution is 6.68. The van der Waals surface area contributed by atoms with Gasteiger partial charge in [0.2, 0.25) is 0 Å². The maximum Gasteiger partial charge on any atom is 0.435 e. The van der Waals surface area contributed by atoms with Crippen LogP contribution in [0.15, 0.2) is 83.1 Å². The molecule has 8 rings (SSSR count). The molecule has 0 bridgehead atoms. The van der Waals surface area contributed by atoms with Gasteiger partial charge < -0.3 is 40.0 Å². The lowest BCUT2D eigenvalue weighted by Crippen LogP contribution is -2.61. The number of benzene rings is 4. The lowest BCUT2D eigenvalue weighted by molar-refractivity contribution is -0.276. The highest BCUT2D eigenvalue weighted by Gasteiger charge is 2.63. The lowest BCUT2D eigenvalue weighted by atomic mass is 9.86. The fourth-order valence-electron chi connectivity index (χ4n) is 8.15. The molecule has 4 aromatic rings. The lowest BCUT2D eigenvalue weighted by Gasteiger charge is -2.40. The van der Waals surface area contributed by atoms with Crippen LogP contribution in [0.5, 0.6) is 0 Å². The van der Waals surface area contributed by atoms with E-state index in [0.717, 1.165) is 24.3 Å². The molecule has 0 aliphatic carbocycles. The molecule has 3 N–H and O–H groups in total. The zero-order chi connectivity index (χ0) is 57.4. The van der Waals surface area contributed by atoms with Gasteiger partial charge in [-0.1, -0.05) is 68.8 Å². The van der Waals surface area contributed by atoms with Crippen molar-refractivity contribution in [2.24, 2.45) is 16.0 Å². The number of aryl methyl sites for hydroxylation is 2. The number of likely N-dealkylation sites (tertiary alicyclic amines) is 2. The van der Waals surface area contributed by atoms with Crippen LogP contribution < -0.4 is 11.1 Å².